The van der Waals surface area contributed by atoms with Gasteiger partial charge in [-0.05, 0) is 63.2 Å². The fourth-order valence-electron chi connectivity index (χ4n) is 4.65. The van der Waals surface area contributed by atoms with Gasteiger partial charge in [-0.25, -0.2) is 0 Å². The number of pyridine rings is 1. The third-order valence-corrected chi connectivity index (χ3v) is 6.15. The highest BCUT2D eigenvalue weighted by atomic mass is 16.5. The second-order valence-corrected chi connectivity index (χ2v) is 7.76. The molecule has 0 amide bonds. The standard InChI is InChI=1S/C19H29N3O/c1-16-3-2-4-17(20-16)15-21-7-5-19(6-8-21)13-18(14-19)22-9-11-23-12-10-22/h2-4,18H,5-15H2,1H3. The van der Waals surface area contributed by atoms with Crippen LogP contribution in [0.4, 0.5) is 0 Å². The number of hydrogen-bond donors (Lipinski definition) is 0. The largest absolute Gasteiger partial charge is 0.379 e. The van der Waals surface area contributed by atoms with Crippen LogP contribution in [-0.2, 0) is 11.3 Å². The number of aromatic nitrogens is 1. The number of nitrogens with zero attached hydrogens (tertiary/aromatic N) is 3. The molecule has 0 atom stereocenters. The molecule has 23 heavy (non-hydrogen) atoms. The van der Waals surface area contributed by atoms with E-state index in [1.807, 2.05) is 0 Å². The highest BCUT2D eigenvalue weighted by Crippen LogP contribution is 2.51. The molecular formula is C19H29N3O. The Balaban J connectivity index is 1.25. The quantitative estimate of drug-likeness (QED) is 0.857. The van der Waals surface area contributed by atoms with Crippen LogP contribution in [0, 0.1) is 12.3 Å². The van der Waals surface area contributed by atoms with Crippen molar-refractivity contribution in [3.63, 3.8) is 0 Å². The summed E-state index contributed by atoms with van der Waals surface area (Å²) in [6.07, 6.45) is 5.59. The average Bonchev–Trinajstić information content (AvgIpc) is 2.54. The second kappa shape index (κ2) is 6.50. The Bertz CT molecular complexity index is 525. The normalized spacial score (nSPS) is 26.3. The first-order valence-electron chi connectivity index (χ1n) is 9.19. The van der Waals surface area contributed by atoms with Crippen LogP contribution < -0.4 is 0 Å². The van der Waals surface area contributed by atoms with Gasteiger partial charge >= 0.3 is 0 Å². The fraction of sp³-hybridized carbons (Fsp3) is 0.737. The zero-order chi connectivity index (χ0) is 15.7. The molecule has 1 saturated carbocycles. The summed E-state index contributed by atoms with van der Waals surface area (Å²) in [5, 5.41) is 0. The minimum Gasteiger partial charge on any atom is -0.379 e. The van der Waals surface area contributed by atoms with Gasteiger partial charge in [0.15, 0.2) is 0 Å². The Morgan fingerprint density at radius 2 is 1.87 bits per heavy atom. The lowest BCUT2D eigenvalue weighted by Gasteiger charge is -2.55. The third-order valence-electron chi connectivity index (χ3n) is 6.15. The summed E-state index contributed by atoms with van der Waals surface area (Å²) in [6, 6.07) is 7.20. The van der Waals surface area contributed by atoms with Crippen molar-refractivity contribution in [2.45, 2.75) is 45.2 Å². The maximum absolute atomic E-state index is 5.48. The molecule has 1 aromatic heterocycles. The van der Waals surface area contributed by atoms with Crippen molar-refractivity contribution in [1.82, 2.24) is 14.8 Å². The van der Waals surface area contributed by atoms with Crippen molar-refractivity contribution in [3.05, 3.63) is 29.6 Å². The summed E-state index contributed by atoms with van der Waals surface area (Å²) in [7, 11) is 0. The van der Waals surface area contributed by atoms with E-state index < -0.39 is 0 Å². The molecule has 0 radical (unpaired) electrons. The molecule has 126 valence electrons. The molecule has 1 aliphatic carbocycles. The topological polar surface area (TPSA) is 28.6 Å². The molecule has 3 fully saturated rings. The average molecular weight is 315 g/mol. The molecule has 4 nitrogen and oxygen atoms in total. The molecule has 2 aliphatic heterocycles. The van der Waals surface area contributed by atoms with E-state index >= 15 is 0 Å². The summed E-state index contributed by atoms with van der Waals surface area (Å²) in [4.78, 5) is 9.91. The van der Waals surface area contributed by atoms with Crippen LogP contribution in [0.5, 0.6) is 0 Å². The first-order valence-corrected chi connectivity index (χ1v) is 9.19. The fourth-order valence-corrected chi connectivity index (χ4v) is 4.65. The van der Waals surface area contributed by atoms with Gasteiger partial charge in [-0.2, -0.15) is 0 Å². The van der Waals surface area contributed by atoms with E-state index in [-0.39, 0.29) is 0 Å². The van der Waals surface area contributed by atoms with E-state index in [9.17, 15) is 0 Å². The summed E-state index contributed by atoms with van der Waals surface area (Å²) in [6.45, 7) is 9.73. The molecule has 0 aromatic carbocycles. The van der Waals surface area contributed by atoms with Crippen molar-refractivity contribution in [1.29, 1.82) is 0 Å². The number of likely N-dealkylation sites (tertiary alicyclic amines) is 1. The van der Waals surface area contributed by atoms with E-state index in [0.29, 0.717) is 5.41 Å². The van der Waals surface area contributed by atoms with Crippen molar-refractivity contribution < 1.29 is 4.74 Å². The monoisotopic (exact) mass is 315 g/mol. The van der Waals surface area contributed by atoms with E-state index in [2.05, 4.69) is 39.9 Å². The van der Waals surface area contributed by atoms with Crippen LogP contribution in [0.2, 0.25) is 0 Å². The molecule has 4 rings (SSSR count). The molecule has 0 bridgehead atoms. The Morgan fingerprint density at radius 1 is 1.13 bits per heavy atom. The number of morpholine rings is 1. The Labute approximate surface area is 139 Å². The lowest BCUT2D eigenvalue weighted by molar-refractivity contribution is -0.0741. The zero-order valence-corrected chi connectivity index (χ0v) is 14.3. The highest BCUT2D eigenvalue weighted by Gasteiger charge is 2.47. The maximum atomic E-state index is 5.48. The van der Waals surface area contributed by atoms with Crippen LogP contribution >= 0.6 is 0 Å². The van der Waals surface area contributed by atoms with E-state index in [0.717, 1.165) is 44.6 Å². The molecular weight excluding hydrogens is 286 g/mol. The SMILES string of the molecule is Cc1cccc(CN2CCC3(CC2)CC(N2CCOCC2)C3)n1. The van der Waals surface area contributed by atoms with E-state index in [1.165, 1.54) is 44.5 Å². The Morgan fingerprint density at radius 3 is 2.57 bits per heavy atom. The number of aryl methyl sites for hydroxylation is 1. The predicted octanol–water partition coefficient (Wildman–Crippen LogP) is 2.47. The summed E-state index contributed by atoms with van der Waals surface area (Å²) >= 11 is 0. The molecule has 4 heteroatoms. The van der Waals surface area contributed by atoms with Gasteiger partial charge in [0.25, 0.3) is 0 Å². The number of ether oxygens (including phenoxy) is 1. The number of rotatable bonds is 3. The lowest BCUT2D eigenvalue weighted by atomic mass is 9.60. The van der Waals surface area contributed by atoms with E-state index in [1.54, 1.807) is 0 Å². The van der Waals surface area contributed by atoms with Crippen LogP contribution in [0.15, 0.2) is 18.2 Å². The van der Waals surface area contributed by atoms with E-state index in [4.69, 9.17) is 4.74 Å². The first kappa shape index (κ1) is 15.6. The minimum absolute atomic E-state index is 0.652. The van der Waals surface area contributed by atoms with Crippen molar-refractivity contribution in [2.24, 2.45) is 5.41 Å². The second-order valence-electron chi connectivity index (χ2n) is 7.76. The van der Waals surface area contributed by atoms with Gasteiger partial charge in [-0.15, -0.1) is 0 Å². The highest BCUT2D eigenvalue weighted by molar-refractivity contribution is 5.10. The molecule has 1 spiro atoms. The lowest BCUT2D eigenvalue weighted by Crippen LogP contribution is -2.57. The van der Waals surface area contributed by atoms with Gasteiger partial charge in [0, 0.05) is 31.4 Å². The molecule has 0 N–H and O–H groups in total. The van der Waals surface area contributed by atoms with Crippen LogP contribution in [0.25, 0.3) is 0 Å². The zero-order valence-electron chi connectivity index (χ0n) is 14.3. The third kappa shape index (κ3) is 3.44. The van der Waals surface area contributed by atoms with Crippen LogP contribution in [0.1, 0.15) is 37.1 Å². The molecule has 0 unspecified atom stereocenters. The summed E-state index contributed by atoms with van der Waals surface area (Å²) < 4.78 is 5.48. The number of hydrogen-bond acceptors (Lipinski definition) is 4. The Hall–Kier alpha value is -0.970. The molecule has 3 heterocycles. The number of piperidine rings is 1. The van der Waals surface area contributed by atoms with Crippen LogP contribution in [0.3, 0.4) is 0 Å². The van der Waals surface area contributed by atoms with Gasteiger partial charge in [0.1, 0.15) is 0 Å². The van der Waals surface area contributed by atoms with Gasteiger partial charge in [-0.3, -0.25) is 14.8 Å². The maximum Gasteiger partial charge on any atom is 0.0594 e. The molecule has 1 aromatic rings. The van der Waals surface area contributed by atoms with Gasteiger partial charge in [0.2, 0.25) is 0 Å². The summed E-state index contributed by atoms with van der Waals surface area (Å²) in [5.74, 6) is 0. The predicted molar refractivity (Wildman–Crippen MR) is 91.3 cm³/mol. The first-order chi connectivity index (χ1) is 11.2. The van der Waals surface area contributed by atoms with Gasteiger partial charge in [-0.1, -0.05) is 6.07 Å². The minimum atomic E-state index is 0.652. The van der Waals surface area contributed by atoms with Gasteiger partial charge in [0.05, 0.1) is 18.9 Å². The van der Waals surface area contributed by atoms with Crippen molar-refractivity contribution in [3.8, 4) is 0 Å². The van der Waals surface area contributed by atoms with Crippen molar-refractivity contribution in [2.75, 3.05) is 39.4 Å². The smallest absolute Gasteiger partial charge is 0.0594 e. The van der Waals surface area contributed by atoms with Crippen molar-refractivity contribution >= 4 is 0 Å². The van der Waals surface area contributed by atoms with Crippen LogP contribution in [-0.4, -0.2) is 60.2 Å². The molecule has 2 saturated heterocycles. The summed E-state index contributed by atoms with van der Waals surface area (Å²) in [5.41, 5.74) is 3.00. The Kier molecular flexibility index (Phi) is 4.39. The van der Waals surface area contributed by atoms with Gasteiger partial charge < -0.3 is 4.74 Å². The molecule has 3 aliphatic rings.